The van der Waals surface area contributed by atoms with Crippen molar-refractivity contribution in [3.63, 3.8) is 0 Å². The van der Waals surface area contributed by atoms with Crippen molar-refractivity contribution in [1.29, 1.82) is 0 Å². The molecule has 1 unspecified atom stereocenters. The van der Waals surface area contributed by atoms with Crippen LogP contribution in [0, 0.1) is 19.8 Å². The van der Waals surface area contributed by atoms with E-state index in [4.69, 9.17) is 0 Å². The lowest BCUT2D eigenvalue weighted by Crippen LogP contribution is -2.26. The second-order valence-electron chi connectivity index (χ2n) is 6.12. The van der Waals surface area contributed by atoms with Crippen molar-refractivity contribution in [2.24, 2.45) is 5.92 Å². The van der Waals surface area contributed by atoms with Crippen molar-refractivity contribution in [1.82, 2.24) is 9.78 Å². The van der Waals surface area contributed by atoms with Crippen molar-refractivity contribution in [2.75, 3.05) is 5.32 Å². The van der Waals surface area contributed by atoms with Crippen molar-refractivity contribution < 1.29 is 31.5 Å². The highest BCUT2D eigenvalue weighted by molar-refractivity contribution is 5.93. The number of amides is 1. The summed E-state index contributed by atoms with van der Waals surface area (Å²) in [6, 6.07) is 5.20. The number of rotatable bonds is 6. The number of aryl methyl sites for hydroxylation is 2. The summed E-state index contributed by atoms with van der Waals surface area (Å²) in [6.07, 6.45) is -4.58. The summed E-state index contributed by atoms with van der Waals surface area (Å²) >= 11 is 0. The highest BCUT2D eigenvalue weighted by Crippen LogP contribution is 2.29. The van der Waals surface area contributed by atoms with Crippen molar-refractivity contribution in [3.05, 3.63) is 41.2 Å². The van der Waals surface area contributed by atoms with Crippen molar-refractivity contribution in [2.45, 2.75) is 40.1 Å². The Labute approximate surface area is 152 Å². The quantitative estimate of drug-likeness (QED) is 0.743. The highest BCUT2D eigenvalue weighted by Gasteiger charge is 2.34. The van der Waals surface area contributed by atoms with Crippen LogP contribution in [0.1, 0.15) is 23.9 Å². The zero-order valence-electron chi connectivity index (χ0n) is 14.8. The number of ether oxygens (including phenoxy) is 1. The van der Waals surface area contributed by atoms with E-state index < -0.39 is 30.3 Å². The molecule has 1 heterocycles. The van der Waals surface area contributed by atoms with Gasteiger partial charge in [0.1, 0.15) is 5.75 Å². The molecule has 0 radical (unpaired) electrons. The van der Waals surface area contributed by atoms with Gasteiger partial charge in [-0.05, 0) is 37.6 Å². The van der Waals surface area contributed by atoms with Gasteiger partial charge in [-0.15, -0.1) is 0 Å². The van der Waals surface area contributed by atoms with Gasteiger partial charge in [-0.25, -0.2) is 0 Å². The number of alkyl halides is 5. The Hall–Kier alpha value is -2.65. The van der Waals surface area contributed by atoms with E-state index in [0.29, 0.717) is 5.56 Å². The van der Waals surface area contributed by atoms with Crippen LogP contribution in [0.5, 0.6) is 5.75 Å². The van der Waals surface area contributed by atoms with Gasteiger partial charge in [0.15, 0.2) is 5.69 Å². The largest absolute Gasteiger partial charge is 0.435 e. The Morgan fingerprint density at radius 1 is 1.26 bits per heavy atom. The molecular formula is C17H18F5N3O2. The van der Waals surface area contributed by atoms with Crippen LogP contribution in [-0.2, 0) is 17.5 Å². The maximum atomic E-state index is 12.7. The van der Waals surface area contributed by atoms with Crippen LogP contribution in [0.3, 0.4) is 0 Å². The topological polar surface area (TPSA) is 56.1 Å². The molecule has 148 valence electrons. The van der Waals surface area contributed by atoms with E-state index in [1.54, 1.807) is 13.0 Å². The molecule has 0 saturated carbocycles. The van der Waals surface area contributed by atoms with Crippen molar-refractivity contribution >= 4 is 11.6 Å². The molecule has 27 heavy (non-hydrogen) atoms. The minimum Gasteiger partial charge on any atom is -0.433 e. The third-order valence-electron chi connectivity index (χ3n) is 3.77. The first-order valence-electron chi connectivity index (χ1n) is 7.95. The van der Waals surface area contributed by atoms with E-state index in [1.807, 2.05) is 0 Å². The zero-order chi connectivity index (χ0) is 20.4. The number of halogens is 5. The smallest absolute Gasteiger partial charge is 0.433 e. The Kier molecular flexibility index (Phi) is 6.07. The second kappa shape index (κ2) is 7.93. The monoisotopic (exact) mass is 391 g/mol. The SMILES string of the molecule is Cc1ccc(OC(F)F)c(NC(=O)C(C)Cn2nc(C(F)(F)F)cc2C)c1. The number of carbonyl (C=O) groups excluding carboxylic acids is 1. The molecule has 1 amide bonds. The summed E-state index contributed by atoms with van der Waals surface area (Å²) in [6.45, 7) is 1.48. The Morgan fingerprint density at radius 3 is 2.48 bits per heavy atom. The van der Waals surface area contributed by atoms with Crippen LogP contribution in [0.15, 0.2) is 24.3 Å². The predicted octanol–water partition coefficient (Wildman–Crippen LogP) is 4.39. The van der Waals surface area contributed by atoms with E-state index in [1.165, 1.54) is 26.0 Å². The second-order valence-corrected chi connectivity index (χ2v) is 6.12. The molecule has 0 fully saturated rings. The number of hydrogen-bond acceptors (Lipinski definition) is 3. The number of nitrogens with zero attached hydrogens (tertiary/aromatic N) is 2. The summed E-state index contributed by atoms with van der Waals surface area (Å²) in [7, 11) is 0. The summed E-state index contributed by atoms with van der Waals surface area (Å²) in [5, 5.41) is 5.94. The van der Waals surface area contributed by atoms with Gasteiger partial charge in [0.2, 0.25) is 5.91 Å². The van der Waals surface area contributed by atoms with Crippen LogP contribution >= 0.6 is 0 Å². The van der Waals surface area contributed by atoms with Gasteiger partial charge in [0, 0.05) is 5.69 Å². The number of hydrogen-bond donors (Lipinski definition) is 1. The number of benzene rings is 1. The lowest BCUT2D eigenvalue weighted by atomic mass is 10.1. The van der Waals surface area contributed by atoms with E-state index in [9.17, 15) is 26.7 Å². The molecule has 1 aromatic heterocycles. The van der Waals surface area contributed by atoms with Gasteiger partial charge >= 0.3 is 12.8 Å². The first-order chi connectivity index (χ1) is 12.5. The molecule has 1 N–H and O–H groups in total. The first-order valence-corrected chi connectivity index (χ1v) is 7.95. The number of aromatic nitrogens is 2. The molecule has 5 nitrogen and oxygen atoms in total. The lowest BCUT2D eigenvalue weighted by molar-refractivity contribution is -0.141. The van der Waals surface area contributed by atoms with E-state index in [2.05, 4.69) is 15.2 Å². The molecule has 0 aliphatic carbocycles. The molecule has 0 bridgehead atoms. The first kappa shape index (κ1) is 20.7. The normalized spacial score (nSPS) is 12.9. The third kappa shape index (κ3) is 5.41. The number of carbonyl (C=O) groups is 1. The average Bonchev–Trinajstić information content (AvgIpc) is 2.90. The minimum atomic E-state index is -4.58. The maximum absolute atomic E-state index is 12.7. The fourth-order valence-electron chi connectivity index (χ4n) is 2.37. The summed E-state index contributed by atoms with van der Waals surface area (Å²) in [5.74, 6) is -1.54. The standard InChI is InChI=1S/C17H18F5N3O2/c1-9-4-5-13(27-16(18)19)12(6-9)23-15(26)10(2)8-25-11(3)7-14(24-25)17(20,21)22/h4-7,10,16H,8H2,1-3H3,(H,23,26). The molecule has 2 rings (SSSR count). The number of anilines is 1. The molecule has 10 heteroatoms. The average molecular weight is 391 g/mol. The van der Waals surface area contributed by atoms with Gasteiger partial charge in [0.05, 0.1) is 18.2 Å². The van der Waals surface area contributed by atoms with Gasteiger partial charge in [-0.3, -0.25) is 9.48 Å². The van der Waals surface area contributed by atoms with Crippen LogP contribution in [-0.4, -0.2) is 22.3 Å². The molecule has 0 aliphatic heterocycles. The Bertz CT molecular complexity index is 817. The van der Waals surface area contributed by atoms with Gasteiger partial charge in [-0.2, -0.15) is 27.1 Å². The van der Waals surface area contributed by atoms with E-state index in [-0.39, 0.29) is 23.7 Å². The van der Waals surface area contributed by atoms with E-state index >= 15 is 0 Å². The molecule has 2 aromatic rings. The lowest BCUT2D eigenvalue weighted by Gasteiger charge is -2.16. The van der Waals surface area contributed by atoms with Gasteiger partial charge < -0.3 is 10.1 Å². The summed E-state index contributed by atoms with van der Waals surface area (Å²) < 4.78 is 68.6. The fraction of sp³-hybridized carbons (Fsp3) is 0.412. The third-order valence-corrected chi connectivity index (χ3v) is 3.77. The van der Waals surface area contributed by atoms with Crippen LogP contribution in [0.25, 0.3) is 0 Å². The Balaban J connectivity index is 2.13. The van der Waals surface area contributed by atoms with Crippen LogP contribution in [0.2, 0.25) is 0 Å². The highest BCUT2D eigenvalue weighted by atomic mass is 19.4. The maximum Gasteiger partial charge on any atom is 0.435 e. The molecular weight excluding hydrogens is 373 g/mol. The molecule has 0 aliphatic rings. The van der Waals surface area contributed by atoms with Crippen molar-refractivity contribution in [3.8, 4) is 5.75 Å². The molecule has 0 saturated heterocycles. The summed E-state index contributed by atoms with van der Waals surface area (Å²) in [5.41, 5.74) is -0.0317. The molecule has 1 aromatic carbocycles. The van der Waals surface area contributed by atoms with Crippen LogP contribution in [0.4, 0.5) is 27.6 Å². The number of nitrogens with one attached hydrogen (secondary N) is 1. The minimum absolute atomic E-state index is 0.0558. The predicted molar refractivity (Wildman–Crippen MR) is 87.6 cm³/mol. The van der Waals surface area contributed by atoms with Gasteiger partial charge in [0.25, 0.3) is 0 Å². The molecule has 0 spiro atoms. The zero-order valence-corrected chi connectivity index (χ0v) is 14.8. The van der Waals surface area contributed by atoms with Gasteiger partial charge in [-0.1, -0.05) is 13.0 Å². The van der Waals surface area contributed by atoms with E-state index in [0.717, 1.165) is 10.7 Å². The fourth-order valence-corrected chi connectivity index (χ4v) is 2.37. The Morgan fingerprint density at radius 2 is 1.93 bits per heavy atom. The van der Waals surface area contributed by atoms with Crippen LogP contribution < -0.4 is 10.1 Å². The molecule has 1 atom stereocenters. The summed E-state index contributed by atoms with van der Waals surface area (Å²) in [4.78, 5) is 12.4.